The summed E-state index contributed by atoms with van der Waals surface area (Å²) in [7, 11) is 0. The van der Waals surface area contributed by atoms with Crippen molar-refractivity contribution in [1.82, 2.24) is 10.2 Å². The van der Waals surface area contributed by atoms with Gasteiger partial charge in [-0.1, -0.05) is 23.7 Å². The van der Waals surface area contributed by atoms with Crippen LogP contribution in [0.15, 0.2) is 35.4 Å². The molecule has 0 spiro atoms. The Morgan fingerprint density at radius 2 is 2.05 bits per heavy atom. The summed E-state index contributed by atoms with van der Waals surface area (Å²) < 4.78 is 5.80. The molecule has 1 aromatic carbocycles. The van der Waals surface area contributed by atoms with E-state index in [0.29, 0.717) is 24.7 Å². The van der Waals surface area contributed by atoms with E-state index in [0.717, 1.165) is 24.2 Å². The Bertz CT molecular complexity index is 562. The standard InChI is InChI=1S/C16H19ClN2O2/c1-11(13-8-18-9-13)16(20)19-6-7-21-15(10-19)12-2-4-14(17)5-3-12/h2-5,15,18H,6-10H2,1H3. The molecule has 3 rings (SSSR count). The highest BCUT2D eigenvalue weighted by molar-refractivity contribution is 6.30. The zero-order valence-electron chi connectivity index (χ0n) is 12.1. The molecule has 0 bridgehead atoms. The molecule has 2 aliphatic rings. The molecule has 112 valence electrons. The van der Waals surface area contributed by atoms with Crippen molar-refractivity contribution in [3.8, 4) is 0 Å². The number of ether oxygens (including phenoxy) is 1. The van der Waals surface area contributed by atoms with Crippen LogP contribution in [0.3, 0.4) is 0 Å². The highest BCUT2D eigenvalue weighted by atomic mass is 35.5. The second kappa shape index (κ2) is 6.18. The van der Waals surface area contributed by atoms with Gasteiger partial charge in [-0.2, -0.15) is 0 Å². The fourth-order valence-electron chi connectivity index (χ4n) is 2.62. The molecule has 1 unspecified atom stereocenters. The van der Waals surface area contributed by atoms with Crippen molar-refractivity contribution in [3.05, 3.63) is 46.0 Å². The van der Waals surface area contributed by atoms with Gasteiger partial charge in [0.05, 0.1) is 13.2 Å². The van der Waals surface area contributed by atoms with E-state index in [1.807, 2.05) is 36.1 Å². The van der Waals surface area contributed by atoms with Crippen LogP contribution in [-0.2, 0) is 9.53 Å². The Hall–Kier alpha value is -1.36. The lowest BCUT2D eigenvalue weighted by Gasteiger charge is -2.34. The second-order valence-corrected chi connectivity index (χ2v) is 5.93. The van der Waals surface area contributed by atoms with Crippen LogP contribution in [0, 0.1) is 0 Å². The van der Waals surface area contributed by atoms with Crippen LogP contribution in [0.5, 0.6) is 0 Å². The third-order valence-corrected chi connectivity index (χ3v) is 4.38. The van der Waals surface area contributed by atoms with Gasteiger partial charge in [0, 0.05) is 30.2 Å². The molecule has 21 heavy (non-hydrogen) atoms. The van der Waals surface area contributed by atoms with Gasteiger partial charge in [0.2, 0.25) is 5.91 Å². The van der Waals surface area contributed by atoms with Crippen LogP contribution in [-0.4, -0.2) is 43.6 Å². The third kappa shape index (κ3) is 3.12. The van der Waals surface area contributed by atoms with E-state index in [2.05, 4.69) is 5.32 Å². The molecule has 1 aromatic rings. The van der Waals surface area contributed by atoms with Crippen LogP contribution in [0.4, 0.5) is 0 Å². The first-order valence-corrected chi connectivity index (χ1v) is 7.58. The van der Waals surface area contributed by atoms with Gasteiger partial charge in [0.15, 0.2) is 0 Å². The fraction of sp³-hybridized carbons (Fsp3) is 0.438. The number of nitrogens with zero attached hydrogens (tertiary/aromatic N) is 1. The van der Waals surface area contributed by atoms with E-state index < -0.39 is 0 Å². The van der Waals surface area contributed by atoms with Crippen molar-refractivity contribution in [1.29, 1.82) is 0 Å². The molecule has 2 aliphatic heterocycles. The number of hydrogen-bond donors (Lipinski definition) is 1. The topological polar surface area (TPSA) is 41.6 Å². The molecule has 4 nitrogen and oxygen atoms in total. The van der Waals surface area contributed by atoms with E-state index in [4.69, 9.17) is 16.3 Å². The number of nitrogens with one attached hydrogen (secondary N) is 1. The van der Waals surface area contributed by atoms with Gasteiger partial charge in [-0.15, -0.1) is 0 Å². The van der Waals surface area contributed by atoms with E-state index in [1.165, 1.54) is 5.57 Å². The first-order chi connectivity index (χ1) is 10.1. The molecule has 2 fully saturated rings. The number of rotatable bonds is 2. The lowest BCUT2D eigenvalue weighted by molar-refractivity contribution is -0.134. The van der Waals surface area contributed by atoms with Gasteiger partial charge < -0.3 is 15.0 Å². The number of amides is 1. The van der Waals surface area contributed by atoms with Gasteiger partial charge >= 0.3 is 0 Å². The zero-order valence-corrected chi connectivity index (χ0v) is 12.8. The average molecular weight is 307 g/mol. The average Bonchev–Trinajstić information content (AvgIpc) is 2.45. The van der Waals surface area contributed by atoms with E-state index >= 15 is 0 Å². The first kappa shape index (κ1) is 14.6. The predicted octanol–water partition coefficient (Wildman–Crippen LogP) is 2.16. The van der Waals surface area contributed by atoms with Crippen LogP contribution in [0.1, 0.15) is 18.6 Å². The van der Waals surface area contributed by atoms with Gasteiger partial charge in [0.1, 0.15) is 6.10 Å². The molecule has 2 heterocycles. The maximum absolute atomic E-state index is 12.5. The lowest BCUT2D eigenvalue weighted by atomic mass is 10.0. The molecular formula is C16H19ClN2O2. The van der Waals surface area contributed by atoms with E-state index in [9.17, 15) is 4.79 Å². The summed E-state index contributed by atoms with van der Waals surface area (Å²) in [6.45, 7) is 5.41. The van der Waals surface area contributed by atoms with Crippen LogP contribution < -0.4 is 5.32 Å². The van der Waals surface area contributed by atoms with Crippen LogP contribution in [0.2, 0.25) is 5.02 Å². The molecule has 0 radical (unpaired) electrons. The van der Waals surface area contributed by atoms with Gasteiger partial charge in [-0.3, -0.25) is 4.79 Å². The molecular weight excluding hydrogens is 288 g/mol. The number of carbonyl (C=O) groups excluding carboxylic acids is 1. The normalized spacial score (nSPS) is 21.9. The quantitative estimate of drug-likeness (QED) is 0.851. The van der Waals surface area contributed by atoms with Crippen molar-refractivity contribution in [2.45, 2.75) is 13.0 Å². The van der Waals surface area contributed by atoms with Crippen LogP contribution in [0.25, 0.3) is 0 Å². The van der Waals surface area contributed by atoms with Crippen molar-refractivity contribution in [2.75, 3.05) is 32.8 Å². The summed E-state index contributed by atoms with van der Waals surface area (Å²) in [4.78, 5) is 14.4. The Balaban J connectivity index is 1.71. The Labute approximate surface area is 129 Å². The summed E-state index contributed by atoms with van der Waals surface area (Å²) in [5.41, 5.74) is 3.16. The smallest absolute Gasteiger partial charge is 0.249 e. The lowest BCUT2D eigenvalue weighted by Crippen LogP contribution is -2.44. The summed E-state index contributed by atoms with van der Waals surface area (Å²) in [6.07, 6.45) is -0.0720. The molecule has 1 N–H and O–H groups in total. The zero-order chi connectivity index (χ0) is 14.8. The summed E-state index contributed by atoms with van der Waals surface area (Å²) in [6, 6.07) is 7.63. The summed E-state index contributed by atoms with van der Waals surface area (Å²) in [5.74, 6) is 0.133. The monoisotopic (exact) mass is 306 g/mol. The molecule has 2 saturated heterocycles. The minimum atomic E-state index is -0.0720. The number of hydrogen-bond acceptors (Lipinski definition) is 3. The predicted molar refractivity (Wildman–Crippen MR) is 82.3 cm³/mol. The number of carbonyl (C=O) groups is 1. The molecule has 0 aliphatic carbocycles. The Kier molecular flexibility index (Phi) is 4.29. The van der Waals surface area contributed by atoms with Crippen molar-refractivity contribution >= 4 is 17.5 Å². The Morgan fingerprint density at radius 3 is 2.67 bits per heavy atom. The highest BCUT2D eigenvalue weighted by Crippen LogP contribution is 2.25. The van der Waals surface area contributed by atoms with Crippen molar-refractivity contribution in [3.63, 3.8) is 0 Å². The highest BCUT2D eigenvalue weighted by Gasteiger charge is 2.27. The number of morpholine rings is 1. The van der Waals surface area contributed by atoms with E-state index in [-0.39, 0.29) is 12.0 Å². The number of halogens is 1. The maximum atomic E-state index is 12.5. The largest absolute Gasteiger partial charge is 0.370 e. The maximum Gasteiger partial charge on any atom is 0.249 e. The molecule has 0 saturated carbocycles. The van der Waals surface area contributed by atoms with E-state index in [1.54, 1.807) is 0 Å². The minimum Gasteiger partial charge on any atom is -0.370 e. The first-order valence-electron chi connectivity index (χ1n) is 7.21. The van der Waals surface area contributed by atoms with Crippen molar-refractivity contribution in [2.24, 2.45) is 0 Å². The SMILES string of the molecule is CC(C(=O)N1CCOC(c2ccc(Cl)cc2)C1)=C1CNC1. The van der Waals surface area contributed by atoms with Gasteiger partial charge in [-0.05, 0) is 30.2 Å². The summed E-state index contributed by atoms with van der Waals surface area (Å²) >= 11 is 5.91. The molecule has 5 heteroatoms. The molecule has 1 amide bonds. The van der Waals surface area contributed by atoms with Gasteiger partial charge in [0.25, 0.3) is 0 Å². The van der Waals surface area contributed by atoms with Gasteiger partial charge in [-0.25, -0.2) is 0 Å². The molecule has 1 atom stereocenters. The second-order valence-electron chi connectivity index (χ2n) is 5.49. The van der Waals surface area contributed by atoms with Crippen molar-refractivity contribution < 1.29 is 9.53 Å². The fourth-order valence-corrected chi connectivity index (χ4v) is 2.74. The number of benzene rings is 1. The summed E-state index contributed by atoms with van der Waals surface area (Å²) in [5, 5.41) is 3.88. The van der Waals surface area contributed by atoms with Crippen LogP contribution >= 0.6 is 11.6 Å². The Morgan fingerprint density at radius 1 is 1.33 bits per heavy atom. The molecule has 0 aromatic heterocycles. The third-order valence-electron chi connectivity index (χ3n) is 4.12. The minimum absolute atomic E-state index is 0.0720.